The Bertz CT molecular complexity index is 1030. The van der Waals surface area contributed by atoms with E-state index in [4.69, 9.17) is 4.74 Å². The van der Waals surface area contributed by atoms with Crippen molar-refractivity contribution >= 4 is 45.0 Å². The maximum atomic E-state index is 14.2. The molecule has 0 bridgehead atoms. The number of hydrogen-bond donors (Lipinski definition) is 0. The van der Waals surface area contributed by atoms with Crippen LogP contribution in [0.25, 0.3) is 10.2 Å². The minimum absolute atomic E-state index is 0. The van der Waals surface area contributed by atoms with Gasteiger partial charge in [0.05, 0.1) is 17.9 Å². The summed E-state index contributed by atoms with van der Waals surface area (Å²) in [7, 11) is 0. The van der Waals surface area contributed by atoms with Crippen LogP contribution in [0.1, 0.15) is 29.5 Å². The average molecular weight is 468 g/mol. The number of benzene rings is 1. The quantitative estimate of drug-likeness (QED) is 0.529. The summed E-state index contributed by atoms with van der Waals surface area (Å²) in [4.78, 5) is 21.8. The van der Waals surface area contributed by atoms with Crippen LogP contribution < -0.4 is 4.90 Å². The van der Waals surface area contributed by atoms with E-state index >= 15 is 0 Å². The van der Waals surface area contributed by atoms with Crippen molar-refractivity contribution in [3.8, 4) is 0 Å². The van der Waals surface area contributed by atoms with Crippen LogP contribution in [0.4, 0.5) is 9.52 Å². The van der Waals surface area contributed by atoms with Crippen LogP contribution in [0.5, 0.6) is 0 Å². The summed E-state index contributed by atoms with van der Waals surface area (Å²) in [5.74, 6) is -0.575. The molecule has 0 unspecified atom stereocenters. The molecule has 3 heterocycles. The van der Waals surface area contributed by atoms with Gasteiger partial charge < -0.3 is 4.74 Å². The number of carbonyl (C=O) groups excluding carboxylic acids is 1. The molecule has 10 heteroatoms. The van der Waals surface area contributed by atoms with Crippen LogP contribution in [0.3, 0.4) is 0 Å². The van der Waals surface area contributed by atoms with E-state index in [1.807, 2.05) is 19.9 Å². The molecule has 1 aromatic carbocycles. The van der Waals surface area contributed by atoms with Gasteiger partial charge in [0.15, 0.2) is 10.8 Å². The highest BCUT2D eigenvalue weighted by atomic mass is 35.5. The second-order valence-corrected chi connectivity index (χ2v) is 8.34. The first-order valence-electron chi connectivity index (χ1n) is 10.3. The largest absolute Gasteiger partial charge is 0.379 e. The van der Waals surface area contributed by atoms with Crippen molar-refractivity contribution in [2.45, 2.75) is 26.8 Å². The Kier molecular flexibility index (Phi) is 7.99. The number of rotatable bonds is 7. The summed E-state index contributed by atoms with van der Waals surface area (Å²) >= 11 is 1.33. The highest BCUT2D eigenvalue weighted by molar-refractivity contribution is 7.22. The third kappa shape index (κ3) is 5.23. The van der Waals surface area contributed by atoms with E-state index < -0.39 is 0 Å². The van der Waals surface area contributed by atoms with Gasteiger partial charge in [-0.2, -0.15) is 5.10 Å². The van der Waals surface area contributed by atoms with Gasteiger partial charge in [-0.15, -0.1) is 12.4 Å². The van der Waals surface area contributed by atoms with Crippen LogP contribution >= 0.6 is 23.7 Å². The number of nitrogens with zero attached hydrogens (tertiary/aromatic N) is 5. The maximum Gasteiger partial charge on any atom is 0.280 e. The molecule has 31 heavy (non-hydrogen) atoms. The minimum atomic E-state index is -0.373. The van der Waals surface area contributed by atoms with Gasteiger partial charge in [0.2, 0.25) is 0 Å². The fourth-order valence-corrected chi connectivity index (χ4v) is 4.66. The van der Waals surface area contributed by atoms with Crippen molar-refractivity contribution in [2.24, 2.45) is 0 Å². The third-order valence-electron chi connectivity index (χ3n) is 5.29. The lowest BCUT2D eigenvalue weighted by Crippen LogP contribution is -2.39. The summed E-state index contributed by atoms with van der Waals surface area (Å²) in [6, 6.07) is 6.68. The SMILES string of the molecule is CCn1nc(C(=O)N(CCCN2CCOCC2)c2nc3c(F)cccc3s2)cc1C.Cl. The minimum Gasteiger partial charge on any atom is -0.379 e. The molecular formula is C21H27ClFN5O2S. The Labute approximate surface area is 191 Å². The zero-order chi connectivity index (χ0) is 21.1. The van der Waals surface area contributed by atoms with Crippen molar-refractivity contribution < 1.29 is 13.9 Å². The van der Waals surface area contributed by atoms with Crippen LogP contribution in [0.2, 0.25) is 0 Å². The number of aromatic nitrogens is 3. The Morgan fingerprint density at radius 3 is 2.77 bits per heavy atom. The number of carbonyl (C=O) groups is 1. The number of ether oxygens (including phenoxy) is 1. The molecule has 4 rings (SSSR count). The molecule has 0 aliphatic carbocycles. The van der Waals surface area contributed by atoms with E-state index in [-0.39, 0.29) is 24.1 Å². The van der Waals surface area contributed by atoms with Crippen molar-refractivity contribution in [3.63, 3.8) is 0 Å². The zero-order valence-corrected chi connectivity index (χ0v) is 19.3. The second-order valence-electron chi connectivity index (χ2n) is 7.33. The Morgan fingerprint density at radius 1 is 1.32 bits per heavy atom. The molecule has 1 aliphatic heterocycles. The first kappa shape index (κ1) is 23.6. The van der Waals surface area contributed by atoms with Crippen molar-refractivity contribution in [3.05, 3.63) is 41.5 Å². The summed E-state index contributed by atoms with van der Waals surface area (Å²) in [6.45, 7) is 9.28. The molecule has 1 amide bonds. The van der Waals surface area contributed by atoms with Crippen LogP contribution in [0, 0.1) is 12.7 Å². The van der Waals surface area contributed by atoms with Gasteiger partial charge in [0.1, 0.15) is 11.3 Å². The van der Waals surface area contributed by atoms with Crippen molar-refractivity contribution in [2.75, 3.05) is 44.3 Å². The standard InChI is InChI=1S/C21H26FN5O2S.ClH/c1-3-27-15(2)14-17(24-27)20(28)26(9-5-8-25-10-12-29-13-11-25)21-23-19-16(22)6-4-7-18(19)30-21;/h4,6-7,14H,3,5,8-13H2,1-2H3;1H. The highest BCUT2D eigenvalue weighted by Gasteiger charge is 2.25. The van der Waals surface area contributed by atoms with E-state index in [0.29, 0.717) is 29.4 Å². The van der Waals surface area contributed by atoms with Crippen molar-refractivity contribution in [1.29, 1.82) is 0 Å². The molecule has 0 spiro atoms. The van der Waals surface area contributed by atoms with Gasteiger partial charge in [-0.05, 0) is 38.5 Å². The van der Waals surface area contributed by atoms with Crippen LogP contribution in [-0.2, 0) is 11.3 Å². The fourth-order valence-electron chi connectivity index (χ4n) is 3.65. The molecule has 7 nitrogen and oxygen atoms in total. The van der Waals surface area contributed by atoms with Gasteiger partial charge in [0, 0.05) is 38.4 Å². The number of para-hydroxylation sites is 1. The average Bonchev–Trinajstić information content (AvgIpc) is 3.36. The number of amides is 1. The number of halogens is 2. The lowest BCUT2D eigenvalue weighted by Gasteiger charge is -2.27. The summed E-state index contributed by atoms with van der Waals surface area (Å²) in [5.41, 5.74) is 1.63. The highest BCUT2D eigenvalue weighted by Crippen LogP contribution is 2.31. The molecule has 1 fully saturated rings. The molecular weight excluding hydrogens is 441 g/mol. The number of morpholine rings is 1. The van der Waals surface area contributed by atoms with E-state index in [0.717, 1.165) is 49.7 Å². The lowest BCUT2D eigenvalue weighted by molar-refractivity contribution is 0.0376. The molecule has 0 N–H and O–H groups in total. The number of anilines is 1. The number of aryl methyl sites for hydroxylation is 2. The smallest absolute Gasteiger partial charge is 0.280 e. The Morgan fingerprint density at radius 2 is 2.10 bits per heavy atom. The Balaban J connectivity index is 0.00000272. The van der Waals surface area contributed by atoms with Gasteiger partial charge in [-0.1, -0.05) is 17.4 Å². The number of fused-ring (bicyclic) bond motifs is 1. The molecule has 168 valence electrons. The molecule has 0 radical (unpaired) electrons. The summed E-state index contributed by atoms with van der Waals surface area (Å²) in [6.07, 6.45) is 0.789. The van der Waals surface area contributed by atoms with Gasteiger partial charge in [0.25, 0.3) is 5.91 Å². The second kappa shape index (κ2) is 10.5. The van der Waals surface area contributed by atoms with Gasteiger partial charge >= 0.3 is 0 Å². The predicted molar refractivity (Wildman–Crippen MR) is 123 cm³/mol. The van der Waals surface area contributed by atoms with E-state index in [9.17, 15) is 9.18 Å². The first-order valence-corrected chi connectivity index (χ1v) is 11.1. The van der Waals surface area contributed by atoms with E-state index in [1.54, 1.807) is 21.7 Å². The first-order chi connectivity index (χ1) is 14.6. The van der Waals surface area contributed by atoms with Crippen LogP contribution in [0.15, 0.2) is 24.3 Å². The lowest BCUT2D eigenvalue weighted by atomic mass is 10.3. The topological polar surface area (TPSA) is 63.5 Å². The molecule has 1 saturated heterocycles. The molecule has 0 atom stereocenters. The fraction of sp³-hybridized carbons (Fsp3) is 0.476. The normalized spacial score (nSPS) is 14.5. The molecule has 3 aromatic rings. The van der Waals surface area contributed by atoms with Crippen molar-refractivity contribution in [1.82, 2.24) is 19.7 Å². The summed E-state index contributed by atoms with van der Waals surface area (Å²) in [5, 5.41) is 4.95. The van der Waals surface area contributed by atoms with Gasteiger partial charge in [-0.3, -0.25) is 19.3 Å². The number of thiazole rings is 1. The van der Waals surface area contributed by atoms with Gasteiger partial charge in [-0.25, -0.2) is 9.37 Å². The summed E-state index contributed by atoms with van der Waals surface area (Å²) < 4.78 is 22.1. The number of hydrogen-bond acceptors (Lipinski definition) is 6. The van der Waals surface area contributed by atoms with E-state index in [2.05, 4.69) is 15.0 Å². The van der Waals surface area contributed by atoms with Crippen LogP contribution in [-0.4, -0.2) is 65.0 Å². The zero-order valence-electron chi connectivity index (χ0n) is 17.7. The molecule has 1 aliphatic rings. The molecule has 2 aromatic heterocycles. The predicted octanol–water partition coefficient (Wildman–Crippen LogP) is 3.75. The van der Waals surface area contributed by atoms with E-state index in [1.165, 1.54) is 17.4 Å². The molecule has 0 saturated carbocycles. The third-order valence-corrected chi connectivity index (χ3v) is 6.34. The monoisotopic (exact) mass is 467 g/mol. The Hall–Kier alpha value is -2.07. The maximum absolute atomic E-state index is 14.2.